The Hall–Kier alpha value is -1.11. The summed E-state index contributed by atoms with van der Waals surface area (Å²) in [6.07, 6.45) is 2.59. The molecule has 1 aliphatic carbocycles. The molecule has 106 valence electrons. The van der Waals surface area contributed by atoms with E-state index in [0.717, 1.165) is 12.8 Å². The highest BCUT2D eigenvalue weighted by molar-refractivity contribution is 7.89. The molecule has 1 aromatic carbocycles. The predicted octanol–water partition coefficient (Wildman–Crippen LogP) is 1.28. The van der Waals surface area contributed by atoms with Gasteiger partial charge in [-0.15, -0.1) is 0 Å². The fraction of sp³-hybridized carbons (Fsp3) is 0.538. The molecule has 6 heteroatoms. The lowest BCUT2D eigenvalue weighted by Crippen LogP contribution is -2.44. The molecule has 0 spiro atoms. The first-order valence-corrected chi connectivity index (χ1v) is 7.86. The Balaban J connectivity index is 2.17. The first kappa shape index (κ1) is 14.3. The summed E-state index contributed by atoms with van der Waals surface area (Å²) in [5.41, 5.74) is 0. The van der Waals surface area contributed by atoms with Crippen molar-refractivity contribution in [2.24, 2.45) is 0 Å². The molecular formula is C13H19NO4S. The van der Waals surface area contributed by atoms with Crippen LogP contribution in [0.15, 0.2) is 29.2 Å². The van der Waals surface area contributed by atoms with Gasteiger partial charge in [-0.25, -0.2) is 13.1 Å². The number of benzene rings is 1. The van der Waals surface area contributed by atoms with E-state index in [-0.39, 0.29) is 4.90 Å². The molecule has 0 aromatic heterocycles. The van der Waals surface area contributed by atoms with Gasteiger partial charge in [0, 0.05) is 12.1 Å². The maximum atomic E-state index is 12.2. The fourth-order valence-corrected chi connectivity index (χ4v) is 3.62. The van der Waals surface area contributed by atoms with Gasteiger partial charge in [0.05, 0.1) is 18.1 Å². The average Bonchev–Trinajstić information content (AvgIpc) is 2.41. The van der Waals surface area contributed by atoms with Gasteiger partial charge in [0.25, 0.3) is 0 Å². The second-order valence-electron chi connectivity index (χ2n) is 4.76. The van der Waals surface area contributed by atoms with Gasteiger partial charge in [-0.3, -0.25) is 0 Å². The van der Waals surface area contributed by atoms with Gasteiger partial charge in [-0.2, -0.15) is 0 Å². The molecule has 2 atom stereocenters. The third kappa shape index (κ3) is 3.46. The van der Waals surface area contributed by atoms with E-state index in [2.05, 4.69) is 4.72 Å². The molecule has 0 heterocycles. The Kier molecular flexibility index (Phi) is 4.44. The van der Waals surface area contributed by atoms with E-state index >= 15 is 0 Å². The van der Waals surface area contributed by atoms with Crippen LogP contribution in [0, 0.1) is 0 Å². The molecule has 0 unspecified atom stereocenters. The molecule has 1 fully saturated rings. The number of hydrogen-bond acceptors (Lipinski definition) is 4. The largest absolute Gasteiger partial charge is 0.497 e. The second-order valence-corrected chi connectivity index (χ2v) is 6.47. The van der Waals surface area contributed by atoms with Gasteiger partial charge in [-0.1, -0.05) is 18.9 Å². The van der Waals surface area contributed by atoms with Crippen molar-refractivity contribution in [1.82, 2.24) is 4.72 Å². The van der Waals surface area contributed by atoms with Gasteiger partial charge in [0.15, 0.2) is 0 Å². The van der Waals surface area contributed by atoms with Gasteiger partial charge in [0.1, 0.15) is 5.75 Å². The van der Waals surface area contributed by atoms with E-state index in [1.165, 1.54) is 19.2 Å². The molecule has 1 saturated carbocycles. The molecule has 0 amide bonds. The monoisotopic (exact) mass is 285 g/mol. The zero-order valence-electron chi connectivity index (χ0n) is 10.9. The quantitative estimate of drug-likeness (QED) is 0.873. The summed E-state index contributed by atoms with van der Waals surface area (Å²) in [6.45, 7) is 0. The highest BCUT2D eigenvalue weighted by Gasteiger charge is 2.28. The van der Waals surface area contributed by atoms with Crippen LogP contribution in [0.5, 0.6) is 5.75 Å². The van der Waals surface area contributed by atoms with Gasteiger partial charge in [0.2, 0.25) is 10.0 Å². The van der Waals surface area contributed by atoms with Crippen molar-refractivity contribution in [3.63, 3.8) is 0 Å². The molecule has 1 aliphatic rings. The Morgan fingerprint density at radius 3 is 2.74 bits per heavy atom. The summed E-state index contributed by atoms with van der Waals surface area (Å²) in [5.74, 6) is 0.493. The van der Waals surface area contributed by atoms with Crippen molar-refractivity contribution >= 4 is 10.0 Å². The Morgan fingerprint density at radius 2 is 2.05 bits per heavy atom. The van der Waals surface area contributed by atoms with Crippen LogP contribution in [0.4, 0.5) is 0 Å². The topological polar surface area (TPSA) is 75.6 Å². The van der Waals surface area contributed by atoms with Crippen LogP contribution in [-0.2, 0) is 10.0 Å². The molecule has 5 nitrogen and oxygen atoms in total. The van der Waals surface area contributed by atoms with Crippen LogP contribution >= 0.6 is 0 Å². The number of hydrogen-bond donors (Lipinski definition) is 2. The van der Waals surface area contributed by atoms with Crippen molar-refractivity contribution in [2.75, 3.05) is 7.11 Å². The van der Waals surface area contributed by atoms with Crippen molar-refractivity contribution in [3.05, 3.63) is 24.3 Å². The first-order chi connectivity index (χ1) is 9.03. The lowest BCUT2D eigenvalue weighted by molar-refractivity contribution is 0.101. The maximum Gasteiger partial charge on any atom is 0.241 e. The van der Waals surface area contributed by atoms with Gasteiger partial charge < -0.3 is 9.84 Å². The summed E-state index contributed by atoms with van der Waals surface area (Å²) in [7, 11) is -2.13. The maximum absolute atomic E-state index is 12.2. The second kappa shape index (κ2) is 5.90. The number of ether oxygens (including phenoxy) is 1. The van der Waals surface area contributed by atoms with Crippen molar-refractivity contribution < 1.29 is 18.3 Å². The van der Waals surface area contributed by atoms with Crippen LogP contribution in [0.25, 0.3) is 0 Å². The third-order valence-corrected chi connectivity index (χ3v) is 4.88. The molecule has 0 aliphatic heterocycles. The van der Waals surface area contributed by atoms with Gasteiger partial charge in [-0.05, 0) is 25.0 Å². The molecule has 19 heavy (non-hydrogen) atoms. The van der Waals surface area contributed by atoms with Crippen molar-refractivity contribution in [2.45, 2.75) is 42.7 Å². The van der Waals surface area contributed by atoms with E-state index < -0.39 is 22.2 Å². The Morgan fingerprint density at radius 1 is 1.32 bits per heavy atom. The average molecular weight is 285 g/mol. The normalized spacial score (nSPS) is 24.1. The molecule has 0 saturated heterocycles. The zero-order valence-corrected chi connectivity index (χ0v) is 11.7. The van der Waals surface area contributed by atoms with Crippen molar-refractivity contribution in [1.29, 1.82) is 0 Å². The summed E-state index contributed by atoms with van der Waals surface area (Å²) in [4.78, 5) is 0.157. The Labute approximate surface area is 113 Å². The lowest BCUT2D eigenvalue weighted by atomic mass is 9.93. The predicted molar refractivity (Wildman–Crippen MR) is 71.6 cm³/mol. The highest BCUT2D eigenvalue weighted by atomic mass is 32.2. The van der Waals surface area contributed by atoms with E-state index in [4.69, 9.17) is 4.74 Å². The van der Waals surface area contributed by atoms with Crippen LogP contribution in [0.3, 0.4) is 0 Å². The van der Waals surface area contributed by atoms with E-state index in [1.807, 2.05) is 0 Å². The number of rotatable bonds is 4. The van der Waals surface area contributed by atoms with Crippen LogP contribution in [-0.4, -0.2) is 32.8 Å². The molecule has 0 bridgehead atoms. The number of methoxy groups -OCH3 is 1. The molecule has 0 radical (unpaired) electrons. The number of sulfonamides is 1. The Bertz CT molecular complexity index is 529. The summed E-state index contributed by atoms with van der Waals surface area (Å²) in [5, 5.41) is 9.83. The standard InChI is InChI=1S/C13H19NO4S/c1-18-10-5-4-6-11(9-10)19(16,17)14-12-7-2-3-8-13(12)15/h4-6,9,12-15H,2-3,7-8H2,1H3/t12-,13-/m1/s1. The fourth-order valence-electron chi connectivity index (χ4n) is 2.28. The summed E-state index contributed by atoms with van der Waals surface area (Å²) >= 11 is 0. The number of nitrogens with one attached hydrogen (secondary N) is 1. The zero-order chi connectivity index (χ0) is 13.9. The van der Waals surface area contributed by atoms with E-state index in [1.54, 1.807) is 12.1 Å². The molecular weight excluding hydrogens is 266 g/mol. The number of aliphatic hydroxyl groups excluding tert-OH is 1. The van der Waals surface area contributed by atoms with Crippen LogP contribution in [0.2, 0.25) is 0 Å². The smallest absolute Gasteiger partial charge is 0.241 e. The SMILES string of the molecule is COc1cccc(S(=O)(=O)N[C@@H]2CCCC[C@H]2O)c1. The van der Waals surface area contributed by atoms with Crippen LogP contribution < -0.4 is 9.46 Å². The molecule has 1 aromatic rings. The third-order valence-electron chi connectivity index (χ3n) is 3.39. The summed E-state index contributed by atoms with van der Waals surface area (Å²) in [6, 6.07) is 5.90. The van der Waals surface area contributed by atoms with Gasteiger partial charge >= 0.3 is 0 Å². The summed E-state index contributed by atoms with van der Waals surface area (Å²) < 4.78 is 32.1. The van der Waals surface area contributed by atoms with Crippen LogP contribution in [0.1, 0.15) is 25.7 Å². The lowest BCUT2D eigenvalue weighted by Gasteiger charge is -2.28. The van der Waals surface area contributed by atoms with E-state index in [0.29, 0.717) is 18.6 Å². The van der Waals surface area contributed by atoms with Crippen molar-refractivity contribution in [3.8, 4) is 5.75 Å². The highest BCUT2D eigenvalue weighted by Crippen LogP contribution is 2.22. The minimum Gasteiger partial charge on any atom is -0.497 e. The number of aliphatic hydroxyl groups is 1. The van der Waals surface area contributed by atoms with E-state index in [9.17, 15) is 13.5 Å². The first-order valence-electron chi connectivity index (χ1n) is 6.37. The minimum absolute atomic E-state index is 0.157. The minimum atomic E-state index is -3.62. The molecule has 2 rings (SSSR count). The molecule has 2 N–H and O–H groups in total.